The molecular formula is C16H24O11. The van der Waals surface area contributed by atoms with Gasteiger partial charge in [0, 0.05) is 34.8 Å². The molecule has 0 spiro atoms. The SMILES string of the molecule is CO[C@H]1[C@H](OC(C)=O)[C@@H]([C@@H](COC(C)=O)OC(C)=O)OC(O)[C@@H]1OC(C)=O. The standard InChI is InChI=1S/C16H24O11/c1-7(17)23-6-11(24-8(2)18)12-14(25-9(3)19)13(22-5)15(16(21)27-12)26-10(4)20/h11-16,21H,6H2,1-5H3/t11-,12-,13+,14-,15-,16?/m1/s1. The van der Waals surface area contributed by atoms with Crippen molar-refractivity contribution in [2.45, 2.75) is 64.5 Å². The summed E-state index contributed by atoms with van der Waals surface area (Å²) in [6.07, 6.45) is -7.84. The molecule has 1 unspecified atom stereocenters. The Bertz CT molecular complexity index is 561. The molecule has 1 saturated heterocycles. The molecule has 1 aliphatic rings. The molecule has 0 aliphatic carbocycles. The van der Waals surface area contributed by atoms with Crippen LogP contribution in [0.4, 0.5) is 0 Å². The van der Waals surface area contributed by atoms with Crippen molar-refractivity contribution in [3.8, 4) is 0 Å². The van der Waals surface area contributed by atoms with Crippen molar-refractivity contribution >= 4 is 23.9 Å². The molecule has 1 aliphatic heterocycles. The quantitative estimate of drug-likeness (QED) is 0.424. The summed E-state index contributed by atoms with van der Waals surface area (Å²) in [5.41, 5.74) is 0. The molecule has 1 heterocycles. The number of carbonyl (C=O) groups is 4. The predicted octanol–water partition coefficient (Wildman–Crippen LogP) is -0.923. The first-order valence-corrected chi connectivity index (χ1v) is 8.08. The molecule has 154 valence electrons. The molecule has 0 aromatic heterocycles. The monoisotopic (exact) mass is 392 g/mol. The van der Waals surface area contributed by atoms with E-state index in [1.54, 1.807) is 0 Å². The lowest BCUT2D eigenvalue weighted by Crippen LogP contribution is -2.64. The fourth-order valence-corrected chi connectivity index (χ4v) is 2.67. The number of hydrogen-bond donors (Lipinski definition) is 1. The van der Waals surface area contributed by atoms with Gasteiger partial charge in [-0.1, -0.05) is 0 Å². The summed E-state index contributed by atoms with van der Waals surface area (Å²) < 4.78 is 30.8. The van der Waals surface area contributed by atoms with Gasteiger partial charge in [0.15, 0.2) is 24.6 Å². The van der Waals surface area contributed by atoms with Gasteiger partial charge in [0.1, 0.15) is 18.8 Å². The Balaban J connectivity index is 3.21. The first-order chi connectivity index (χ1) is 12.6. The van der Waals surface area contributed by atoms with Gasteiger partial charge in [-0.3, -0.25) is 19.2 Å². The van der Waals surface area contributed by atoms with Crippen LogP contribution in [0, 0.1) is 0 Å². The zero-order valence-electron chi connectivity index (χ0n) is 15.7. The molecular weight excluding hydrogens is 368 g/mol. The lowest BCUT2D eigenvalue weighted by atomic mass is 9.94. The molecule has 11 heteroatoms. The molecule has 1 fully saturated rings. The Kier molecular flexibility index (Phi) is 8.60. The van der Waals surface area contributed by atoms with Crippen LogP contribution in [0.1, 0.15) is 27.7 Å². The van der Waals surface area contributed by atoms with E-state index in [4.69, 9.17) is 28.4 Å². The minimum Gasteiger partial charge on any atom is -0.462 e. The van der Waals surface area contributed by atoms with Crippen LogP contribution >= 0.6 is 0 Å². The van der Waals surface area contributed by atoms with Crippen LogP contribution in [0.2, 0.25) is 0 Å². The second-order valence-electron chi connectivity index (χ2n) is 5.79. The minimum absolute atomic E-state index is 0.418. The summed E-state index contributed by atoms with van der Waals surface area (Å²) in [6, 6.07) is 0. The largest absolute Gasteiger partial charge is 0.462 e. The number of hydrogen-bond acceptors (Lipinski definition) is 11. The summed E-state index contributed by atoms with van der Waals surface area (Å²) in [5, 5.41) is 10.2. The number of methoxy groups -OCH3 is 1. The Morgan fingerprint density at radius 3 is 1.89 bits per heavy atom. The third kappa shape index (κ3) is 6.77. The number of ether oxygens (including phenoxy) is 6. The van der Waals surface area contributed by atoms with Gasteiger partial charge in [0.25, 0.3) is 0 Å². The predicted molar refractivity (Wildman–Crippen MR) is 85.0 cm³/mol. The van der Waals surface area contributed by atoms with Gasteiger partial charge < -0.3 is 33.5 Å². The van der Waals surface area contributed by atoms with Crippen LogP contribution < -0.4 is 0 Å². The van der Waals surface area contributed by atoms with Crippen LogP contribution in [0.25, 0.3) is 0 Å². The van der Waals surface area contributed by atoms with Gasteiger partial charge in [-0.25, -0.2) is 0 Å². The van der Waals surface area contributed by atoms with E-state index >= 15 is 0 Å². The van der Waals surface area contributed by atoms with Crippen LogP contribution in [0.15, 0.2) is 0 Å². The van der Waals surface area contributed by atoms with E-state index in [0.29, 0.717) is 0 Å². The maximum absolute atomic E-state index is 11.5. The number of aliphatic hydroxyl groups excluding tert-OH is 1. The zero-order chi connectivity index (χ0) is 20.7. The molecule has 0 aromatic carbocycles. The van der Waals surface area contributed by atoms with E-state index < -0.39 is 67.3 Å². The summed E-state index contributed by atoms with van der Waals surface area (Å²) in [6.45, 7) is 4.10. The maximum Gasteiger partial charge on any atom is 0.303 e. The summed E-state index contributed by atoms with van der Waals surface area (Å²) in [4.78, 5) is 45.4. The van der Waals surface area contributed by atoms with Crippen molar-refractivity contribution in [3.63, 3.8) is 0 Å². The fraction of sp³-hybridized carbons (Fsp3) is 0.750. The molecule has 0 bridgehead atoms. The number of esters is 4. The number of carbonyl (C=O) groups excluding carboxylic acids is 4. The summed E-state index contributed by atoms with van der Waals surface area (Å²) in [5.74, 6) is -2.81. The lowest BCUT2D eigenvalue weighted by molar-refractivity contribution is -0.308. The van der Waals surface area contributed by atoms with Gasteiger partial charge in [-0.2, -0.15) is 0 Å². The topological polar surface area (TPSA) is 144 Å². The smallest absolute Gasteiger partial charge is 0.303 e. The van der Waals surface area contributed by atoms with Crippen molar-refractivity contribution in [3.05, 3.63) is 0 Å². The average molecular weight is 392 g/mol. The van der Waals surface area contributed by atoms with Crippen LogP contribution in [-0.4, -0.2) is 79.5 Å². The Hall–Kier alpha value is -2.24. The first kappa shape index (κ1) is 22.8. The molecule has 1 rings (SSSR count). The van der Waals surface area contributed by atoms with Gasteiger partial charge in [-0.05, 0) is 0 Å². The second-order valence-corrected chi connectivity index (χ2v) is 5.79. The average Bonchev–Trinajstić information content (AvgIpc) is 2.53. The van der Waals surface area contributed by atoms with Crippen molar-refractivity contribution in [2.24, 2.45) is 0 Å². The van der Waals surface area contributed by atoms with E-state index in [9.17, 15) is 24.3 Å². The maximum atomic E-state index is 11.5. The number of aliphatic hydroxyl groups is 1. The first-order valence-electron chi connectivity index (χ1n) is 8.08. The van der Waals surface area contributed by atoms with Gasteiger partial charge in [0.2, 0.25) is 0 Å². The minimum atomic E-state index is -1.67. The fourth-order valence-electron chi connectivity index (χ4n) is 2.67. The summed E-state index contributed by atoms with van der Waals surface area (Å²) in [7, 11) is 1.25. The molecule has 0 radical (unpaired) electrons. The van der Waals surface area contributed by atoms with Gasteiger partial charge >= 0.3 is 23.9 Å². The Labute approximate surface area is 155 Å². The lowest BCUT2D eigenvalue weighted by Gasteiger charge is -2.44. The van der Waals surface area contributed by atoms with Crippen molar-refractivity contribution in [2.75, 3.05) is 13.7 Å². The molecule has 11 nitrogen and oxygen atoms in total. The Morgan fingerprint density at radius 2 is 1.44 bits per heavy atom. The molecule has 0 aromatic rings. The van der Waals surface area contributed by atoms with E-state index in [-0.39, 0.29) is 0 Å². The molecule has 0 amide bonds. The van der Waals surface area contributed by atoms with Crippen molar-refractivity contribution in [1.82, 2.24) is 0 Å². The van der Waals surface area contributed by atoms with Crippen LogP contribution in [-0.2, 0) is 47.6 Å². The van der Waals surface area contributed by atoms with E-state index in [1.165, 1.54) is 7.11 Å². The highest BCUT2D eigenvalue weighted by molar-refractivity contribution is 5.68. The van der Waals surface area contributed by atoms with Gasteiger partial charge in [0.05, 0.1) is 0 Å². The third-order valence-electron chi connectivity index (χ3n) is 3.56. The normalized spacial score (nSPS) is 28.6. The molecule has 6 atom stereocenters. The zero-order valence-corrected chi connectivity index (χ0v) is 15.7. The van der Waals surface area contributed by atoms with Crippen LogP contribution in [0.3, 0.4) is 0 Å². The van der Waals surface area contributed by atoms with E-state index in [0.717, 1.165) is 27.7 Å². The molecule has 1 N–H and O–H groups in total. The highest BCUT2D eigenvalue weighted by Crippen LogP contribution is 2.30. The third-order valence-corrected chi connectivity index (χ3v) is 3.56. The molecule has 27 heavy (non-hydrogen) atoms. The van der Waals surface area contributed by atoms with E-state index in [1.807, 2.05) is 0 Å². The Morgan fingerprint density at radius 1 is 0.889 bits per heavy atom. The number of rotatable bonds is 7. The van der Waals surface area contributed by atoms with Crippen molar-refractivity contribution in [1.29, 1.82) is 0 Å². The van der Waals surface area contributed by atoms with Crippen LogP contribution in [0.5, 0.6) is 0 Å². The van der Waals surface area contributed by atoms with Gasteiger partial charge in [-0.15, -0.1) is 0 Å². The molecule has 0 saturated carbocycles. The van der Waals surface area contributed by atoms with E-state index in [2.05, 4.69) is 0 Å². The highest BCUT2D eigenvalue weighted by Gasteiger charge is 2.53. The summed E-state index contributed by atoms with van der Waals surface area (Å²) >= 11 is 0. The second kappa shape index (κ2) is 10.2. The van der Waals surface area contributed by atoms with Crippen molar-refractivity contribution < 1.29 is 52.7 Å². The highest BCUT2D eigenvalue weighted by atomic mass is 16.7.